The molecule has 1 atom stereocenters. The van der Waals surface area contributed by atoms with E-state index in [1.54, 1.807) is 0 Å². The van der Waals surface area contributed by atoms with Crippen LogP contribution in [-0.2, 0) is 9.53 Å². The number of carbonyl (C=O) groups excluding carboxylic acids is 1. The van der Waals surface area contributed by atoms with Crippen LogP contribution < -0.4 is 5.32 Å². The smallest absolute Gasteiger partial charge is 0.401 e. The summed E-state index contributed by atoms with van der Waals surface area (Å²) >= 11 is 0. The van der Waals surface area contributed by atoms with Crippen LogP contribution in [0.1, 0.15) is 33.1 Å². The van der Waals surface area contributed by atoms with Crippen molar-refractivity contribution in [1.82, 2.24) is 10.2 Å². The Bertz CT molecular complexity index is 317. The maximum atomic E-state index is 12.5. The van der Waals surface area contributed by atoms with E-state index in [0.717, 1.165) is 12.8 Å². The number of nitrogens with zero attached hydrogens (tertiary/aromatic N) is 1. The predicted molar refractivity (Wildman–Crippen MR) is 69.3 cm³/mol. The molecule has 1 N–H and O–H groups in total. The van der Waals surface area contributed by atoms with E-state index in [9.17, 15) is 18.0 Å². The van der Waals surface area contributed by atoms with Gasteiger partial charge in [-0.3, -0.25) is 9.69 Å². The van der Waals surface area contributed by atoms with Gasteiger partial charge in [-0.1, -0.05) is 13.8 Å². The molecule has 7 heteroatoms. The summed E-state index contributed by atoms with van der Waals surface area (Å²) < 4.78 is 42.2. The number of halogens is 3. The molecule has 0 aliphatic heterocycles. The second kappa shape index (κ2) is 7.26. The van der Waals surface area contributed by atoms with E-state index in [1.807, 2.05) is 13.8 Å². The van der Waals surface area contributed by atoms with E-state index >= 15 is 0 Å². The molecule has 1 unspecified atom stereocenters. The minimum absolute atomic E-state index is 0.00831. The summed E-state index contributed by atoms with van der Waals surface area (Å²) in [6.45, 7) is 3.09. The summed E-state index contributed by atoms with van der Waals surface area (Å²) in [5, 5.41) is 3.03. The van der Waals surface area contributed by atoms with Crippen molar-refractivity contribution in [3.63, 3.8) is 0 Å². The molecule has 4 nitrogen and oxygen atoms in total. The summed E-state index contributed by atoms with van der Waals surface area (Å²) in [5.41, 5.74) is 0. The molecule has 1 fully saturated rings. The molecule has 0 aromatic heterocycles. The monoisotopic (exact) mass is 296 g/mol. The standard InChI is InChI=1S/C13H23F3N2O2/c1-9(2)17-11(12(19)20-3)6-7-18(10-4-5-10)8-13(14,15)16/h9-11,17H,4-8H2,1-3H3. The third kappa shape index (κ3) is 6.56. The number of hydrogen-bond donors (Lipinski definition) is 1. The molecule has 0 spiro atoms. The van der Waals surface area contributed by atoms with Crippen molar-refractivity contribution in [2.75, 3.05) is 20.2 Å². The first-order chi connectivity index (χ1) is 9.23. The van der Waals surface area contributed by atoms with Crippen LogP contribution in [0.3, 0.4) is 0 Å². The normalized spacial score (nSPS) is 17.6. The highest BCUT2D eigenvalue weighted by molar-refractivity contribution is 5.75. The Kier molecular flexibility index (Phi) is 6.26. The topological polar surface area (TPSA) is 41.6 Å². The zero-order chi connectivity index (χ0) is 15.3. The number of nitrogens with one attached hydrogen (secondary N) is 1. The van der Waals surface area contributed by atoms with Gasteiger partial charge in [-0.2, -0.15) is 13.2 Å². The van der Waals surface area contributed by atoms with E-state index in [0.29, 0.717) is 6.42 Å². The molecule has 1 aliphatic carbocycles. The zero-order valence-electron chi connectivity index (χ0n) is 12.2. The number of ether oxygens (including phenoxy) is 1. The van der Waals surface area contributed by atoms with Crippen LogP contribution in [0.4, 0.5) is 13.2 Å². The van der Waals surface area contributed by atoms with Crippen molar-refractivity contribution in [2.45, 2.75) is 57.4 Å². The zero-order valence-corrected chi connectivity index (χ0v) is 12.2. The first kappa shape index (κ1) is 17.2. The van der Waals surface area contributed by atoms with Gasteiger partial charge in [-0.05, 0) is 19.3 Å². The van der Waals surface area contributed by atoms with Crippen molar-refractivity contribution in [3.8, 4) is 0 Å². The summed E-state index contributed by atoms with van der Waals surface area (Å²) in [6, 6.07) is -0.487. The molecule has 0 amide bonds. The molecule has 20 heavy (non-hydrogen) atoms. The van der Waals surface area contributed by atoms with Gasteiger partial charge in [0, 0.05) is 18.6 Å². The molecule has 0 radical (unpaired) electrons. The van der Waals surface area contributed by atoms with Crippen LogP contribution in [0.5, 0.6) is 0 Å². The average molecular weight is 296 g/mol. The van der Waals surface area contributed by atoms with E-state index in [-0.39, 0.29) is 18.6 Å². The lowest BCUT2D eigenvalue weighted by Crippen LogP contribution is -2.45. The Morgan fingerprint density at radius 2 is 2.00 bits per heavy atom. The highest BCUT2D eigenvalue weighted by Gasteiger charge is 2.38. The number of hydrogen-bond acceptors (Lipinski definition) is 4. The Morgan fingerprint density at radius 3 is 2.40 bits per heavy atom. The van der Waals surface area contributed by atoms with E-state index in [1.165, 1.54) is 12.0 Å². The Labute approximate surface area is 117 Å². The highest BCUT2D eigenvalue weighted by atomic mass is 19.4. The van der Waals surface area contributed by atoms with Crippen LogP contribution in [0.25, 0.3) is 0 Å². The lowest BCUT2D eigenvalue weighted by Gasteiger charge is -2.26. The molecule has 118 valence electrons. The third-order valence-corrected chi connectivity index (χ3v) is 3.17. The fraction of sp³-hybridized carbons (Fsp3) is 0.923. The quantitative estimate of drug-likeness (QED) is 0.695. The van der Waals surface area contributed by atoms with Gasteiger partial charge in [-0.25, -0.2) is 0 Å². The summed E-state index contributed by atoms with van der Waals surface area (Å²) in [4.78, 5) is 13.0. The van der Waals surface area contributed by atoms with Gasteiger partial charge in [0.25, 0.3) is 0 Å². The van der Waals surface area contributed by atoms with Crippen LogP contribution in [-0.4, -0.2) is 55.4 Å². The van der Waals surface area contributed by atoms with Crippen LogP contribution in [0.15, 0.2) is 0 Å². The van der Waals surface area contributed by atoms with Gasteiger partial charge in [0.1, 0.15) is 6.04 Å². The summed E-state index contributed by atoms with van der Waals surface area (Å²) in [6.07, 6.45) is -2.28. The largest absolute Gasteiger partial charge is 0.468 e. The lowest BCUT2D eigenvalue weighted by atomic mass is 10.1. The number of rotatable bonds is 8. The SMILES string of the molecule is COC(=O)C(CCN(CC(F)(F)F)C1CC1)NC(C)C. The molecular formula is C13H23F3N2O2. The molecule has 0 bridgehead atoms. The van der Waals surface area contributed by atoms with E-state index in [4.69, 9.17) is 0 Å². The van der Waals surface area contributed by atoms with Gasteiger partial charge in [0.2, 0.25) is 0 Å². The average Bonchev–Trinajstić information content (AvgIpc) is 3.13. The molecule has 0 saturated heterocycles. The van der Waals surface area contributed by atoms with Gasteiger partial charge >= 0.3 is 12.1 Å². The Hall–Kier alpha value is -0.820. The molecular weight excluding hydrogens is 273 g/mol. The number of esters is 1. The van der Waals surface area contributed by atoms with Crippen LogP contribution in [0.2, 0.25) is 0 Å². The van der Waals surface area contributed by atoms with Crippen molar-refractivity contribution in [1.29, 1.82) is 0 Å². The second-order valence-electron chi connectivity index (χ2n) is 5.50. The fourth-order valence-corrected chi connectivity index (χ4v) is 2.17. The maximum absolute atomic E-state index is 12.5. The second-order valence-corrected chi connectivity index (χ2v) is 5.50. The van der Waals surface area contributed by atoms with Crippen molar-refractivity contribution < 1.29 is 22.7 Å². The molecule has 1 saturated carbocycles. The predicted octanol–water partition coefficient (Wildman–Crippen LogP) is 1.94. The van der Waals surface area contributed by atoms with Gasteiger partial charge in [0.05, 0.1) is 13.7 Å². The number of alkyl halides is 3. The third-order valence-electron chi connectivity index (χ3n) is 3.17. The Morgan fingerprint density at radius 1 is 1.40 bits per heavy atom. The molecule has 1 aliphatic rings. The van der Waals surface area contributed by atoms with E-state index < -0.39 is 24.7 Å². The number of methoxy groups -OCH3 is 1. The molecule has 0 aromatic carbocycles. The lowest BCUT2D eigenvalue weighted by molar-refractivity contribution is -0.148. The van der Waals surface area contributed by atoms with Crippen LogP contribution in [0, 0.1) is 0 Å². The minimum Gasteiger partial charge on any atom is -0.468 e. The molecule has 0 aromatic rings. The summed E-state index contributed by atoms with van der Waals surface area (Å²) in [7, 11) is 1.28. The maximum Gasteiger partial charge on any atom is 0.401 e. The summed E-state index contributed by atoms with van der Waals surface area (Å²) in [5.74, 6) is -0.429. The first-order valence-corrected chi connectivity index (χ1v) is 6.87. The van der Waals surface area contributed by atoms with Crippen molar-refractivity contribution in [2.24, 2.45) is 0 Å². The number of carbonyl (C=O) groups is 1. The van der Waals surface area contributed by atoms with Gasteiger partial charge in [-0.15, -0.1) is 0 Å². The minimum atomic E-state index is -4.20. The van der Waals surface area contributed by atoms with Crippen molar-refractivity contribution in [3.05, 3.63) is 0 Å². The van der Waals surface area contributed by atoms with Gasteiger partial charge < -0.3 is 10.1 Å². The molecule has 0 heterocycles. The first-order valence-electron chi connectivity index (χ1n) is 6.87. The highest BCUT2D eigenvalue weighted by Crippen LogP contribution is 2.30. The van der Waals surface area contributed by atoms with Gasteiger partial charge in [0.15, 0.2) is 0 Å². The Balaban J connectivity index is 2.52. The molecule has 1 rings (SSSR count). The van der Waals surface area contributed by atoms with Crippen molar-refractivity contribution >= 4 is 5.97 Å². The fourth-order valence-electron chi connectivity index (χ4n) is 2.17. The van der Waals surface area contributed by atoms with E-state index in [2.05, 4.69) is 10.1 Å². The van der Waals surface area contributed by atoms with Crippen LogP contribution >= 0.6 is 0 Å².